The summed E-state index contributed by atoms with van der Waals surface area (Å²) >= 11 is 5.76. The Kier molecular flexibility index (Phi) is 5.67. The van der Waals surface area contributed by atoms with E-state index in [9.17, 15) is 9.59 Å². The smallest absolute Gasteiger partial charge is 0.258 e. The number of ether oxygens (including phenoxy) is 1. The summed E-state index contributed by atoms with van der Waals surface area (Å²) in [5, 5.41) is 5.80. The Labute approximate surface area is 138 Å². The van der Waals surface area contributed by atoms with Gasteiger partial charge in [0.2, 0.25) is 0 Å². The summed E-state index contributed by atoms with van der Waals surface area (Å²) in [5.41, 5.74) is 0.716. The van der Waals surface area contributed by atoms with Crippen LogP contribution in [0.25, 0.3) is 0 Å². The molecule has 1 unspecified atom stereocenters. The van der Waals surface area contributed by atoms with Crippen LogP contribution in [0.3, 0.4) is 0 Å². The van der Waals surface area contributed by atoms with Gasteiger partial charge in [-0.25, -0.2) is 4.98 Å². The lowest BCUT2D eigenvalue weighted by Gasteiger charge is -2.13. The van der Waals surface area contributed by atoms with E-state index in [0.717, 1.165) is 0 Å². The molecule has 2 amide bonds. The predicted molar refractivity (Wildman–Crippen MR) is 88.7 cm³/mol. The second-order valence-electron chi connectivity index (χ2n) is 4.73. The maximum atomic E-state index is 12.4. The van der Waals surface area contributed by atoms with E-state index in [0.29, 0.717) is 22.1 Å². The van der Waals surface area contributed by atoms with Crippen LogP contribution in [0.4, 0.5) is 11.5 Å². The molecule has 0 saturated carbocycles. The number of methoxy groups -OCH3 is 1. The second-order valence-corrected chi connectivity index (χ2v) is 5.16. The van der Waals surface area contributed by atoms with E-state index in [-0.39, 0.29) is 11.8 Å². The van der Waals surface area contributed by atoms with Crippen molar-refractivity contribution in [1.29, 1.82) is 0 Å². The lowest BCUT2D eigenvalue weighted by molar-refractivity contribution is -0.124. The molecule has 7 heteroatoms. The molecular formula is C16H16ClN3O3. The Bertz CT molecular complexity index is 704. The van der Waals surface area contributed by atoms with Crippen LogP contribution in [0.5, 0.6) is 0 Å². The Morgan fingerprint density at radius 2 is 1.91 bits per heavy atom. The Balaban J connectivity index is 2.17. The van der Waals surface area contributed by atoms with E-state index in [2.05, 4.69) is 15.6 Å². The van der Waals surface area contributed by atoms with Gasteiger partial charge in [0.15, 0.2) is 0 Å². The van der Waals surface area contributed by atoms with Crippen molar-refractivity contribution >= 4 is 34.9 Å². The number of pyridine rings is 1. The summed E-state index contributed by atoms with van der Waals surface area (Å²) in [4.78, 5) is 28.3. The summed E-state index contributed by atoms with van der Waals surface area (Å²) < 4.78 is 4.96. The van der Waals surface area contributed by atoms with Crippen LogP contribution in [0.2, 0.25) is 5.02 Å². The van der Waals surface area contributed by atoms with E-state index in [1.165, 1.54) is 13.3 Å². The van der Waals surface area contributed by atoms with Gasteiger partial charge in [-0.2, -0.15) is 0 Å². The highest BCUT2D eigenvalue weighted by molar-refractivity contribution is 6.30. The molecule has 1 heterocycles. The summed E-state index contributed by atoms with van der Waals surface area (Å²) in [5.74, 6) is -0.357. The molecular weight excluding hydrogens is 318 g/mol. The highest BCUT2D eigenvalue weighted by Gasteiger charge is 2.17. The third-order valence-corrected chi connectivity index (χ3v) is 3.34. The van der Waals surface area contributed by atoms with Crippen molar-refractivity contribution < 1.29 is 14.3 Å². The van der Waals surface area contributed by atoms with Crippen molar-refractivity contribution in [3.8, 4) is 0 Å². The maximum Gasteiger partial charge on any atom is 0.258 e. The number of hydrogen-bond acceptors (Lipinski definition) is 4. The first-order chi connectivity index (χ1) is 11.0. The number of nitrogens with zero attached hydrogens (tertiary/aromatic N) is 1. The largest absolute Gasteiger partial charge is 0.372 e. The van der Waals surface area contributed by atoms with Crippen molar-refractivity contribution in [2.24, 2.45) is 0 Å². The molecule has 0 spiro atoms. The lowest BCUT2D eigenvalue weighted by Crippen LogP contribution is -2.27. The van der Waals surface area contributed by atoms with Gasteiger partial charge in [0.25, 0.3) is 11.8 Å². The van der Waals surface area contributed by atoms with E-state index in [4.69, 9.17) is 16.3 Å². The van der Waals surface area contributed by atoms with E-state index < -0.39 is 6.10 Å². The average Bonchev–Trinajstić information content (AvgIpc) is 2.56. The molecule has 0 aliphatic rings. The number of nitrogens with one attached hydrogen (secondary N) is 2. The van der Waals surface area contributed by atoms with Gasteiger partial charge in [0, 0.05) is 13.3 Å². The third kappa shape index (κ3) is 4.51. The minimum Gasteiger partial charge on any atom is -0.372 e. The van der Waals surface area contributed by atoms with Crippen LogP contribution < -0.4 is 10.6 Å². The molecule has 1 atom stereocenters. The number of carbonyl (C=O) groups excluding carboxylic acids is 2. The first kappa shape index (κ1) is 16.9. The van der Waals surface area contributed by atoms with Crippen molar-refractivity contribution in [3.63, 3.8) is 0 Å². The standard InChI is InChI=1S/C16H16ClN3O3/c1-10(23-2)15(21)19-13-6-4-3-5-12(13)16(22)20-14-8-7-11(17)9-18-14/h3-10H,1-2H3,(H,19,21)(H,18,20,22). The van der Waals surface area contributed by atoms with E-state index >= 15 is 0 Å². The fourth-order valence-corrected chi connectivity index (χ4v) is 1.88. The summed E-state index contributed by atoms with van der Waals surface area (Å²) in [7, 11) is 1.44. The van der Waals surface area contributed by atoms with Crippen molar-refractivity contribution in [1.82, 2.24) is 4.98 Å². The molecule has 2 rings (SSSR count). The predicted octanol–water partition coefficient (Wildman–Crippen LogP) is 2.96. The molecule has 0 aliphatic carbocycles. The summed E-state index contributed by atoms with van der Waals surface area (Å²) in [6, 6.07) is 9.90. The zero-order valence-electron chi connectivity index (χ0n) is 12.7. The molecule has 1 aromatic carbocycles. The Morgan fingerprint density at radius 3 is 2.57 bits per heavy atom. The number of anilines is 2. The minimum atomic E-state index is -0.621. The van der Waals surface area contributed by atoms with Gasteiger partial charge < -0.3 is 15.4 Å². The van der Waals surface area contributed by atoms with Crippen molar-refractivity contribution in [2.45, 2.75) is 13.0 Å². The van der Waals surface area contributed by atoms with Crippen LogP contribution >= 0.6 is 11.6 Å². The van der Waals surface area contributed by atoms with Gasteiger partial charge in [-0.15, -0.1) is 0 Å². The molecule has 0 aliphatic heterocycles. The van der Waals surface area contributed by atoms with Crippen LogP contribution in [0, 0.1) is 0 Å². The number of benzene rings is 1. The second kappa shape index (κ2) is 7.71. The molecule has 0 radical (unpaired) electrons. The van der Waals surface area contributed by atoms with Gasteiger partial charge in [-0.1, -0.05) is 23.7 Å². The first-order valence-corrected chi connectivity index (χ1v) is 7.24. The average molecular weight is 334 g/mol. The third-order valence-electron chi connectivity index (χ3n) is 3.12. The van der Waals surface area contributed by atoms with Gasteiger partial charge in [0.05, 0.1) is 16.3 Å². The molecule has 6 nitrogen and oxygen atoms in total. The fourth-order valence-electron chi connectivity index (χ4n) is 1.76. The van der Waals surface area contributed by atoms with Gasteiger partial charge >= 0.3 is 0 Å². The number of aromatic nitrogens is 1. The van der Waals surface area contributed by atoms with Crippen LogP contribution in [0.15, 0.2) is 42.6 Å². The number of carbonyl (C=O) groups is 2. The summed E-state index contributed by atoms with van der Waals surface area (Å²) in [6.45, 7) is 1.62. The molecule has 23 heavy (non-hydrogen) atoms. The molecule has 0 fully saturated rings. The number of para-hydroxylation sites is 1. The number of hydrogen-bond donors (Lipinski definition) is 2. The van der Waals surface area contributed by atoms with Gasteiger partial charge in [-0.3, -0.25) is 9.59 Å². The molecule has 2 N–H and O–H groups in total. The molecule has 1 aromatic heterocycles. The Morgan fingerprint density at radius 1 is 1.17 bits per heavy atom. The van der Waals surface area contributed by atoms with E-state index in [1.807, 2.05) is 0 Å². The highest BCUT2D eigenvalue weighted by atomic mass is 35.5. The van der Waals surface area contributed by atoms with Crippen LogP contribution in [0.1, 0.15) is 17.3 Å². The topological polar surface area (TPSA) is 80.3 Å². The number of halogens is 1. The fraction of sp³-hybridized carbons (Fsp3) is 0.188. The maximum absolute atomic E-state index is 12.4. The number of amides is 2. The molecule has 0 saturated heterocycles. The lowest BCUT2D eigenvalue weighted by atomic mass is 10.1. The first-order valence-electron chi connectivity index (χ1n) is 6.87. The summed E-state index contributed by atoms with van der Waals surface area (Å²) in [6.07, 6.45) is 0.814. The Hall–Kier alpha value is -2.44. The SMILES string of the molecule is COC(C)C(=O)Nc1ccccc1C(=O)Nc1ccc(Cl)cn1. The van der Waals surface area contributed by atoms with Crippen molar-refractivity contribution in [2.75, 3.05) is 17.7 Å². The zero-order valence-corrected chi connectivity index (χ0v) is 13.4. The number of rotatable bonds is 5. The minimum absolute atomic E-state index is 0.320. The highest BCUT2D eigenvalue weighted by Crippen LogP contribution is 2.18. The molecule has 120 valence electrons. The quantitative estimate of drug-likeness (QED) is 0.881. The van der Waals surface area contributed by atoms with Crippen LogP contribution in [-0.2, 0) is 9.53 Å². The monoisotopic (exact) mass is 333 g/mol. The van der Waals surface area contributed by atoms with Gasteiger partial charge in [0.1, 0.15) is 11.9 Å². The van der Waals surface area contributed by atoms with Crippen LogP contribution in [-0.4, -0.2) is 30.0 Å². The molecule has 0 bridgehead atoms. The van der Waals surface area contributed by atoms with Crippen molar-refractivity contribution in [3.05, 3.63) is 53.2 Å². The zero-order chi connectivity index (χ0) is 16.8. The van der Waals surface area contributed by atoms with Gasteiger partial charge in [-0.05, 0) is 31.2 Å². The normalized spacial score (nSPS) is 11.6. The molecule has 2 aromatic rings. The van der Waals surface area contributed by atoms with E-state index in [1.54, 1.807) is 43.3 Å².